The lowest BCUT2D eigenvalue weighted by Gasteiger charge is -2.23. The number of sulfonamides is 1. The lowest BCUT2D eigenvalue weighted by molar-refractivity contribution is -0.114. The highest BCUT2D eigenvalue weighted by Gasteiger charge is 2.24. The van der Waals surface area contributed by atoms with E-state index in [1.807, 2.05) is 30.3 Å². The van der Waals surface area contributed by atoms with Crippen molar-refractivity contribution in [3.8, 4) is 0 Å². The molecule has 26 heavy (non-hydrogen) atoms. The van der Waals surface area contributed by atoms with Gasteiger partial charge < -0.3 is 10.4 Å². The van der Waals surface area contributed by atoms with E-state index in [2.05, 4.69) is 10.0 Å². The summed E-state index contributed by atoms with van der Waals surface area (Å²) in [4.78, 5) is 11.1. The molecule has 0 aliphatic rings. The first-order chi connectivity index (χ1) is 12.2. The smallest absolute Gasteiger partial charge is 0.240 e. The molecule has 7 heteroatoms. The summed E-state index contributed by atoms with van der Waals surface area (Å²) in [7, 11) is -3.74. The van der Waals surface area contributed by atoms with Crippen molar-refractivity contribution in [1.29, 1.82) is 0 Å². The number of aliphatic hydroxyl groups is 1. The van der Waals surface area contributed by atoms with Crippen molar-refractivity contribution >= 4 is 21.6 Å². The Hall–Kier alpha value is -2.22. The zero-order chi connectivity index (χ0) is 19.2. The molecule has 0 heterocycles. The van der Waals surface area contributed by atoms with Gasteiger partial charge in [0, 0.05) is 19.2 Å². The minimum absolute atomic E-state index is 0.0745. The zero-order valence-corrected chi connectivity index (χ0v) is 15.7. The molecule has 1 atom stereocenters. The van der Waals surface area contributed by atoms with E-state index in [1.165, 1.54) is 31.2 Å². The van der Waals surface area contributed by atoms with Gasteiger partial charge in [0.05, 0.1) is 10.5 Å². The molecule has 0 bridgehead atoms. The van der Waals surface area contributed by atoms with Gasteiger partial charge in [0.2, 0.25) is 15.9 Å². The standard InChI is InChI=1S/C19H24N2O4S/c1-15(22)21-17-8-10-18(11-9-17)26(24,25)20-14-19(2,23)13-12-16-6-4-3-5-7-16/h3-11,20,23H,12-14H2,1-2H3,(H,21,22)/t19-/m0/s1. The van der Waals surface area contributed by atoms with Crippen LogP contribution in [0.4, 0.5) is 5.69 Å². The number of carbonyl (C=O) groups is 1. The van der Waals surface area contributed by atoms with Crippen LogP contribution >= 0.6 is 0 Å². The Balaban J connectivity index is 1.94. The highest BCUT2D eigenvalue weighted by molar-refractivity contribution is 7.89. The van der Waals surface area contributed by atoms with Crippen molar-refractivity contribution in [1.82, 2.24) is 4.72 Å². The highest BCUT2D eigenvalue weighted by atomic mass is 32.2. The monoisotopic (exact) mass is 376 g/mol. The minimum atomic E-state index is -3.74. The molecule has 3 N–H and O–H groups in total. The average molecular weight is 376 g/mol. The molecule has 6 nitrogen and oxygen atoms in total. The molecule has 2 aromatic rings. The fraction of sp³-hybridized carbons (Fsp3) is 0.316. The molecular formula is C19H24N2O4S. The third-order valence-electron chi connectivity index (χ3n) is 3.92. The average Bonchev–Trinajstić information content (AvgIpc) is 2.60. The third kappa shape index (κ3) is 6.25. The molecule has 0 saturated heterocycles. The van der Waals surface area contributed by atoms with Crippen LogP contribution in [-0.4, -0.2) is 31.6 Å². The van der Waals surface area contributed by atoms with Gasteiger partial charge in [-0.25, -0.2) is 13.1 Å². The summed E-state index contributed by atoms with van der Waals surface area (Å²) < 4.78 is 27.2. The molecule has 0 radical (unpaired) electrons. The lowest BCUT2D eigenvalue weighted by Crippen LogP contribution is -2.40. The number of amides is 1. The Morgan fingerprint density at radius 1 is 1.08 bits per heavy atom. The van der Waals surface area contributed by atoms with Gasteiger partial charge in [0.25, 0.3) is 0 Å². The molecule has 0 aromatic heterocycles. The molecule has 0 saturated carbocycles. The summed E-state index contributed by atoms with van der Waals surface area (Å²) in [5, 5.41) is 13.0. The molecule has 0 spiro atoms. The zero-order valence-electron chi connectivity index (χ0n) is 14.9. The second kappa shape index (κ2) is 8.44. The summed E-state index contributed by atoms with van der Waals surface area (Å²) in [6.07, 6.45) is 1.09. The molecule has 0 fully saturated rings. The Labute approximate surface area is 154 Å². The summed E-state index contributed by atoms with van der Waals surface area (Å²) in [6.45, 7) is 2.90. The molecule has 0 aliphatic heterocycles. The Kier molecular flexibility index (Phi) is 6.52. The maximum Gasteiger partial charge on any atom is 0.240 e. The SMILES string of the molecule is CC(=O)Nc1ccc(S(=O)(=O)NC[C@@](C)(O)CCc2ccccc2)cc1. The van der Waals surface area contributed by atoms with Crippen LogP contribution in [0.25, 0.3) is 0 Å². The van der Waals surface area contributed by atoms with Gasteiger partial charge >= 0.3 is 0 Å². The van der Waals surface area contributed by atoms with Crippen molar-refractivity contribution < 1.29 is 18.3 Å². The van der Waals surface area contributed by atoms with E-state index in [-0.39, 0.29) is 17.3 Å². The van der Waals surface area contributed by atoms with Crippen LogP contribution in [0.2, 0.25) is 0 Å². The van der Waals surface area contributed by atoms with Gasteiger partial charge in [0.1, 0.15) is 0 Å². The molecule has 0 unspecified atom stereocenters. The van der Waals surface area contributed by atoms with Gasteiger partial charge in [-0.05, 0) is 49.6 Å². The van der Waals surface area contributed by atoms with E-state index < -0.39 is 15.6 Å². The maximum atomic E-state index is 12.4. The molecule has 2 aromatic carbocycles. The fourth-order valence-electron chi connectivity index (χ4n) is 2.40. The molecular weight excluding hydrogens is 352 g/mol. The quantitative estimate of drug-likeness (QED) is 0.659. The van der Waals surface area contributed by atoms with Crippen LogP contribution in [0.15, 0.2) is 59.5 Å². The van der Waals surface area contributed by atoms with Crippen LogP contribution in [0.3, 0.4) is 0 Å². The summed E-state index contributed by atoms with van der Waals surface area (Å²) >= 11 is 0. The Morgan fingerprint density at radius 2 is 1.69 bits per heavy atom. The van der Waals surface area contributed by atoms with Crippen LogP contribution < -0.4 is 10.0 Å². The van der Waals surface area contributed by atoms with Crippen molar-refractivity contribution in [2.75, 3.05) is 11.9 Å². The summed E-state index contributed by atoms with van der Waals surface area (Å²) in [5.41, 5.74) is 0.439. The van der Waals surface area contributed by atoms with Crippen molar-refractivity contribution in [2.24, 2.45) is 0 Å². The van der Waals surface area contributed by atoms with E-state index in [0.717, 1.165) is 5.56 Å². The molecule has 0 aliphatic carbocycles. The maximum absolute atomic E-state index is 12.4. The number of carbonyl (C=O) groups excluding carboxylic acids is 1. The first kappa shape index (κ1) is 20.1. The normalized spacial score (nSPS) is 13.8. The van der Waals surface area contributed by atoms with Crippen LogP contribution in [0.5, 0.6) is 0 Å². The first-order valence-corrected chi connectivity index (χ1v) is 9.80. The van der Waals surface area contributed by atoms with Crippen LogP contribution in [-0.2, 0) is 21.2 Å². The number of benzene rings is 2. The van der Waals surface area contributed by atoms with Gasteiger partial charge in [-0.1, -0.05) is 30.3 Å². The molecule has 2 rings (SSSR count). The fourth-order valence-corrected chi connectivity index (χ4v) is 3.56. The number of aryl methyl sites for hydroxylation is 1. The van der Waals surface area contributed by atoms with Crippen LogP contribution in [0, 0.1) is 0 Å². The van der Waals surface area contributed by atoms with E-state index in [9.17, 15) is 18.3 Å². The third-order valence-corrected chi connectivity index (χ3v) is 5.34. The van der Waals surface area contributed by atoms with Gasteiger partial charge in [0.15, 0.2) is 0 Å². The van der Waals surface area contributed by atoms with E-state index in [4.69, 9.17) is 0 Å². The van der Waals surface area contributed by atoms with E-state index in [1.54, 1.807) is 6.92 Å². The van der Waals surface area contributed by atoms with Crippen molar-refractivity contribution in [3.05, 3.63) is 60.2 Å². The van der Waals surface area contributed by atoms with Crippen LogP contribution in [0.1, 0.15) is 25.8 Å². The number of hydrogen-bond acceptors (Lipinski definition) is 4. The van der Waals surface area contributed by atoms with Crippen molar-refractivity contribution in [2.45, 2.75) is 37.2 Å². The summed E-state index contributed by atoms with van der Waals surface area (Å²) in [5.74, 6) is -0.229. The van der Waals surface area contributed by atoms with Gasteiger partial charge in [-0.2, -0.15) is 0 Å². The van der Waals surface area contributed by atoms with Gasteiger partial charge in [-0.15, -0.1) is 0 Å². The highest BCUT2D eigenvalue weighted by Crippen LogP contribution is 2.17. The topological polar surface area (TPSA) is 95.5 Å². The predicted octanol–water partition coefficient (Wildman–Crippen LogP) is 2.31. The molecule has 140 valence electrons. The number of nitrogens with one attached hydrogen (secondary N) is 2. The second-order valence-corrected chi connectivity index (χ2v) is 8.28. The number of anilines is 1. The lowest BCUT2D eigenvalue weighted by atomic mass is 9.97. The second-order valence-electron chi connectivity index (χ2n) is 6.51. The van der Waals surface area contributed by atoms with Gasteiger partial charge in [-0.3, -0.25) is 4.79 Å². The Morgan fingerprint density at radius 3 is 2.27 bits per heavy atom. The first-order valence-electron chi connectivity index (χ1n) is 8.32. The number of rotatable bonds is 8. The minimum Gasteiger partial charge on any atom is -0.389 e. The molecule has 1 amide bonds. The predicted molar refractivity (Wildman–Crippen MR) is 101 cm³/mol. The Bertz CT molecular complexity index is 832. The number of hydrogen-bond donors (Lipinski definition) is 3. The van der Waals surface area contributed by atoms with E-state index >= 15 is 0 Å². The van der Waals surface area contributed by atoms with Crippen molar-refractivity contribution in [3.63, 3.8) is 0 Å². The largest absolute Gasteiger partial charge is 0.389 e. The van der Waals surface area contributed by atoms with E-state index in [0.29, 0.717) is 18.5 Å². The summed E-state index contributed by atoms with van der Waals surface area (Å²) in [6, 6.07) is 15.6.